The Hall–Kier alpha value is -2.03. The molecule has 3 nitrogen and oxygen atoms in total. The number of carbonyl (C=O) groups excluding carboxylic acids is 1. The summed E-state index contributed by atoms with van der Waals surface area (Å²) in [5.74, 6) is -0.318. The molecule has 0 aliphatic heterocycles. The van der Waals surface area contributed by atoms with Gasteiger partial charge in [0.1, 0.15) is 0 Å². The lowest BCUT2D eigenvalue weighted by molar-refractivity contribution is -0.134. The Morgan fingerprint density at radius 2 is 2.31 bits per heavy atom. The third-order valence-corrected chi connectivity index (χ3v) is 2.48. The molecular weight excluding hydrogens is 202 g/mol. The molecule has 0 fully saturated rings. The van der Waals surface area contributed by atoms with Crippen LogP contribution in [0.3, 0.4) is 0 Å². The summed E-state index contributed by atoms with van der Waals surface area (Å²) in [4.78, 5) is 14.1. The fraction of sp³-hybridized carbons (Fsp3) is 0.154. The third kappa shape index (κ3) is 2.14. The van der Waals surface area contributed by atoms with Gasteiger partial charge in [-0.05, 0) is 24.1 Å². The van der Waals surface area contributed by atoms with Gasteiger partial charge in [0.2, 0.25) is 0 Å². The minimum atomic E-state index is -0.318. The highest BCUT2D eigenvalue weighted by Crippen LogP contribution is 2.17. The highest BCUT2D eigenvalue weighted by atomic mass is 16.5. The minimum absolute atomic E-state index is 0.318. The summed E-state index contributed by atoms with van der Waals surface area (Å²) in [7, 11) is 1.37. The zero-order valence-electron chi connectivity index (χ0n) is 9.07. The van der Waals surface area contributed by atoms with Crippen molar-refractivity contribution in [2.45, 2.75) is 6.42 Å². The lowest BCUT2D eigenvalue weighted by Gasteiger charge is -1.98. The van der Waals surface area contributed by atoms with Crippen LogP contribution in [0, 0.1) is 0 Å². The topological polar surface area (TPSA) is 42.1 Å². The van der Waals surface area contributed by atoms with Crippen molar-refractivity contribution in [1.82, 2.24) is 4.98 Å². The van der Waals surface area contributed by atoms with Crippen molar-refractivity contribution in [3.63, 3.8) is 0 Å². The van der Waals surface area contributed by atoms with Gasteiger partial charge in [-0.15, -0.1) is 0 Å². The Morgan fingerprint density at radius 1 is 1.44 bits per heavy atom. The number of ether oxygens (including phenoxy) is 1. The van der Waals surface area contributed by atoms with Crippen molar-refractivity contribution in [3.05, 3.63) is 48.2 Å². The Labute approximate surface area is 93.7 Å². The van der Waals surface area contributed by atoms with E-state index in [0.717, 1.165) is 11.9 Å². The summed E-state index contributed by atoms with van der Waals surface area (Å²) in [5, 5.41) is 1.19. The van der Waals surface area contributed by atoms with Gasteiger partial charge in [0.15, 0.2) is 0 Å². The molecule has 0 aliphatic rings. The number of hydrogen-bond acceptors (Lipinski definition) is 2. The van der Waals surface area contributed by atoms with E-state index in [2.05, 4.69) is 15.8 Å². The average Bonchev–Trinajstić information content (AvgIpc) is 2.77. The maximum atomic E-state index is 10.9. The molecule has 0 unspecified atom stereocenters. The summed E-state index contributed by atoms with van der Waals surface area (Å²) in [5.41, 5.74) is 2.31. The average molecular weight is 215 g/mol. The molecule has 0 spiro atoms. The third-order valence-electron chi connectivity index (χ3n) is 2.48. The smallest absolute Gasteiger partial charge is 0.330 e. The molecule has 0 amide bonds. The monoisotopic (exact) mass is 215 g/mol. The van der Waals surface area contributed by atoms with E-state index in [1.165, 1.54) is 24.1 Å². The number of nitrogens with one attached hydrogen (secondary N) is 1. The fourth-order valence-corrected chi connectivity index (χ4v) is 1.68. The molecule has 16 heavy (non-hydrogen) atoms. The number of rotatable bonds is 3. The molecule has 0 saturated heterocycles. The van der Waals surface area contributed by atoms with E-state index in [1.54, 1.807) is 0 Å². The van der Waals surface area contributed by atoms with Gasteiger partial charge in [0.05, 0.1) is 7.11 Å². The van der Waals surface area contributed by atoms with E-state index in [1.807, 2.05) is 30.5 Å². The van der Waals surface area contributed by atoms with Crippen LogP contribution in [0.25, 0.3) is 10.9 Å². The SMILES string of the molecule is COC(=O)/C=C/Cc1cccc2[nH]ccc12. The van der Waals surface area contributed by atoms with Crippen molar-refractivity contribution in [2.75, 3.05) is 7.11 Å². The number of aromatic nitrogens is 1. The van der Waals surface area contributed by atoms with Crippen LogP contribution in [0.4, 0.5) is 0 Å². The number of benzene rings is 1. The van der Waals surface area contributed by atoms with Crippen LogP contribution < -0.4 is 0 Å². The van der Waals surface area contributed by atoms with Crippen LogP contribution >= 0.6 is 0 Å². The zero-order chi connectivity index (χ0) is 11.4. The van der Waals surface area contributed by atoms with Crippen molar-refractivity contribution in [1.29, 1.82) is 0 Å². The number of allylic oxidation sites excluding steroid dienone is 1. The van der Waals surface area contributed by atoms with Crippen LogP contribution in [0.15, 0.2) is 42.6 Å². The fourth-order valence-electron chi connectivity index (χ4n) is 1.68. The Bertz CT molecular complexity index is 525. The highest BCUT2D eigenvalue weighted by molar-refractivity contribution is 5.84. The van der Waals surface area contributed by atoms with Gasteiger partial charge in [0.25, 0.3) is 0 Å². The van der Waals surface area contributed by atoms with Crippen LogP contribution in [0.5, 0.6) is 0 Å². The number of methoxy groups -OCH3 is 1. The number of fused-ring (bicyclic) bond motifs is 1. The molecule has 1 heterocycles. The van der Waals surface area contributed by atoms with Crippen LogP contribution in [-0.2, 0) is 16.0 Å². The Kier molecular flexibility index (Phi) is 3.05. The van der Waals surface area contributed by atoms with Gasteiger partial charge in [0, 0.05) is 23.2 Å². The van der Waals surface area contributed by atoms with Gasteiger partial charge in [-0.25, -0.2) is 4.79 Å². The van der Waals surface area contributed by atoms with Gasteiger partial charge < -0.3 is 9.72 Å². The number of carbonyl (C=O) groups is 1. The molecular formula is C13H13NO2. The quantitative estimate of drug-likeness (QED) is 0.631. The Morgan fingerprint density at radius 3 is 3.12 bits per heavy atom. The first-order valence-corrected chi connectivity index (χ1v) is 5.11. The Balaban J connectivity index is 2.18. The second kappa shape index (κ2) is 4.66. The van der Waals surface area contributed by atoms with Crippen LogP contribution in [0.2, 0.25) is 0 Å². The van der Waals surface area contributed by atoms with Crippen LogP contribution in [-0.4, -0.2) is 18.1 Å². The maximum Gasteiger partial charge on any atom is 0.330 e. The number of esters is 1. The summed E-state index contributed by atoms with van der Waals surface area (Å²) < 4.78 is 4.53. The predicted molar refractivity (Wildman–Crippen MR) is 63.2 cm³/mol. The molecule has 0 saturated carbocycles. The summed E-state index contributed by atoms with van der Waals surface area (Å²) in [6, 6.07) is 8.12. The van der Waals surface area contributed by atoms with E-state index < -0.39 is 0 Å². The van der Waals surface area contributed by atoms with Gasteiger partial charge in [-0.3, -0.25) is 0 Å². The normalized spacial score (nSPS) is 11.1. The molecule has 1 aromatic heterocycles. The molecule has 2 aromatic rings. The molecule has 0 aliphatic carbocycles. The molecule has 1 N–H and O–H groups in total. The van der Waals surface area contributed by atoms with Crippen molar-refractivity contribution >= 4 is 16.9 Å². The van der Waals surface area contributed by atoms with Crippen LogP contribution in [0.1, 0.15) is 5.56 Å². The van der Waals surface area contributed by atoms with Gasteiger partial charge >= 0.3 is 5.97 Å². The first-order valence-electron chi connectivity index (χ1n) is 5.11. The highest BCUT2D eigenvalue weighted by Gasteiger charge is 1.99. The second-order valence-corrected chi connectivity index (χ2v) is 3.49. The second-order valence-electron chi connectivity index (χ2n) is 3.49. The van der Waals surface area contributed by atoms with E-state index in [4.69, 9.17) is 0 Å². The summed E-state index contributed by atoms with van der Waals surface area (Å²) in [6.07, 6.45) is 5.90. The zero-order valence-corrected chi connectivity index (χ0v) is 9.07. The van der Waals surface area contributed by atoms with E-state index >= 15 is 0 Å². The van der Waals surface area contributed by atoms with E-state index in [0.29, 0.717) is 0 Å². The largest absolute Gasteiger partial charge is 0.466 e. The molecule has 0 atom stereocenters. The van der Waals surface area contributed by atoms with Crippen molar-refractivity contribution in [2.24, 2.45) is 0 Å². The summed E-state index contributed by atoms with van der Waals surface area (Å²) in [6.45, 7) is 0. The lowest BCUT2D eigenvalue weighted by atomic mass is 10.1. The number of aromatic amines is 1. The molecule has 82 valence electrons. The number of hydrogen-bond donors (Lipinski definition) is 1. The van der Waals surface area contributed by atoms with Gasteiger partial charge in [-0.1, -0.05) is 18.2 Å². The first kappa shape index (κ1) is 10.5. The standard InChI is InChI=1S/C13H13NO2/c1-16-13(15)7-3-5-10-4-2-6-12-11(10)8-9-14-12/h2-4,6-9,14H,5H2,1H3/b7-3+. The minimum Gasteiger partial charge on any atom is -0.466 e. The molecule has 2 rings (SSSR count). The molecule has 1 aromatic carbocycles. The summed E-state index contributed by atoms with van der Waals surface area (Å²) >= 11 is 0. The lowest BCUT2D eigenvalue weighted by Crippen LogP contribution is -1.94. The molecule has 0 radical (unpaired) electrons. The van der Waals surface area contributed by atoms with E-state index in [-0.39, 0.29) is 5.97 Å². The van der Waals surface area contributed by atoms with Gasteiger partial charge in [-0.2, -0.15) is 0 Å². The van der Waals surface area contributed by atoms with E-state index in [9.17, 15) is 4.79 Å². The molecule has 0 bridgehead atoms. The predicted octanol–water partition coefficient (Wildman–Crippen LogP) is 2.44. The first-order chi connectivity index (χ1) is 7.81. The van der Waals surface area contributed by atoms with Crippen molar-refractivity contribution < 1.29 is 9.53 Å². The molecule has 3 heteroatoms. The van der Waals surface area contributed by atoms with Crippen molar-refractivity contribution in [3.8, 4) is 0 Å². The maximum absolute atomic E-state index is 10.9. The number of H-pyrrole nitrogens is 1.